The average molecular weight is 391 g/mol. The molecule has 0 saturated carbocycles. The molecule has 0 bridgehead atoms. The molecule has 0 saturated heterocycles. The number of nitrogens with one attached hydrogen (secondary N) is 1. The highest BCUT2D eigenvalue weighted by Gasteiger charge is 2.15. The third-order valence-corrected chi connectivity index (χ3v) is 5.11. The minimum atomic E-state index is -0.174. The molecule has 0 spiro atoms. The first-order chi connectivity index (χ1) is 12.4. The smallest absolute Gasteiger partial charge is 0.253 e. The second-order valence-corrected chi connectivity index (χ2v) is 7.58. The van der Waals surface area contributed by atoms with Crippen LogP contribution in [-0.4, -0.2) is 30.3 Å². The van der Waals surface area contributed by atoms with Crippen LogP contribution in [0.15, 0.2) is 52.3 Å². The molecule has 2 aromatic rings. The molecule has 2 rings (SSSR count). The van der Waals surface area contributed by atoms with E-state index >= 15 is 0 Å². The maximum absolute atomic E-state index is 12.6. The lowest BCUT2D eigenvalue weighted by Gasteiger charge is -2.18. The van der Waals surface area contributed by atoms with Crippen LogP contribution in [0.1, 0.15) is 37.0 Å². The highest BCUT2D eigenvalue weighted by atomic mass is 35.5. The summed E-state index contributed by atoms with van der Waals surface area (Å²) in [6.45, 7) is 4.26. The summed E-state index contributed by atoms with van der Waals surface area (Å²) in [4.78, 5) is 27.8. The number of hydrogen-bond acceptors (Lipinski definition) is 3. The van der Waals surface area contributed by atoms with Crippen molar-refractivity contribution in [2.45, 2.75) is 36.5 Å². The van der Waals surface area contributed by atoms with Crippen LogP contribution in [0.4, 0.5) is 5.69 Å². The van der Waals surface area contributed by atoms with Gasteiger partial charge in [-0.1, -0.05) is 36.7 Å². The van der Waals surface area contributed by atoms with Gasteiger partial charge in [-0.2, -0.15) is 0 Å². The highest BCUT2D eigenvalue weighted by Crippen LogP contribution is 2.35. The fourth-order valence-corrected chi connectivity index (χ4v) is 3.39. The number of anilines is 1. The van der Waals surface area contributed by atoms with Crippen molar-refractivity contribution in [3.05, 3.63) is 53.1 Å². The zero-order chi connectivity index (χ0) is 19.1. The van der Waals surface area contributed by atoms with Gasteiger partial charge in [0.2, 0.25) is 5.91 Å². The summed E-state index contributed by atoms with van der Waals surface area (Å²) in [5.41, 5.74) is 1.19. The Kier molecular flexibility index (Phi) is 7.54. The first-order valence-corrected chi connectivity index (χ1v) is 9.70. The van der Waals surface area contributed by atoms with Gasteiger partial charge in [0.15, 0.2) is 0 Å². The van der Waals surface area contributed by atoms with Gasteiger partial charge in [-0.05, 0) is 48.9 Å². The van der Waals surface area contributed by atoms with E-state index in [0.717, 1.165) is 22.6 Å². The number of unbranched alkanes of at least 4 members (excludes halogenated alkanes) is 1. The SMILES string of the molecule is CCCCN(C)C(=O)c1ccc(Sc2ccc(Cl)cc2)c(NC(C)=O)c1. The molecule has 0 heterocycles. The molecule has 6 heteroatoms. The minimum absolute atomic E-state index is 0.0481. The Morgan fingerprint density at radius 1 is 1.15 bits per heavy atom. The predicted molar refractivity (Wildman–Crippen MR) is 108 cm³/mol. The lowest BCUT2D eigenvalue weighted by molar-refractivity contribution is -0.114. The molecule has 0 atom stereocenters. The lowest BCUT2D eigenvalue weighted by Crippen LogP contribution is -2.27. The number of carbonyl (C=O) groups excluding carboxylic acids is 2. The molecule has 26 heavy (non-hydrogen) atoms. The van der Waals surface area contributed by atoms with E-state index in [4.69, 9.17) is 11.6 Å². The fraction of sp³-hybridized carbons (Fsp3) is 0.300. The molecule has 2 amide bonds. The number of hydrogen-bond donors (Lipinski definition) is 1. The van der Waals surface area contributed by atoms with Crippen molar-refractivity contribution in [2.24, 2.45) is 0 Å². The van der Waals surface area contributed by atoms with Gasteiger partial charge in [0.1, 0.15) is 0 Å². The highest BCUT2D eigenvalue weighted by molar-refractivity contribution is 7.99. The second kappa shape index (κ2) is 9.64. The Morgan fingerprint density at radius 2 is 1.85 bits per heavy atom. The number of nitrogens with zero attached hydrogens (tertiary/aromatic N) is 1. The molecular weight excluding hydrogens is 368 g/mol. The normalized spacial score (nSPS) is 10.5. The zero-order valence-corrected chi connectivity index (χ0v) is 16.8. The van der Waals surface area contributed by atoms with Crippen LogP contribution in [0.5, 0.6) is 0 Å². The largest absolute Gasteiger partial charge is 0.342 e. The van der Waals surface area contributed by atoms with E-state index in [-0.39, 0.29) is 11.8 Å². The summed E-state index contributed by atoms with van der Waals surface area (Å²) in [7, 11) is 1.80. The van der Waals surface area contributed by atoms with Crippen molar-refractivity contribution in [3.63, 3.8) is 0 Å². The molecular formula is C20H23ClN2O2S. The van der Waals surface area contributed by atoms with E-state index in [2.05, 4.69) is 12.2 Å². The molecule has 0 unspecified atom stereocenters. The van der Waals surface area contributed by atoms with Crippen molar-refractivity contribution >= 4 is 40.9 Å². The summed E-state index contributed by atoms with van der Waals surface area (Å²) < 4.78 is 0. The Bertz CT molecular complexity index is 778. The molecule has 1 N–H and O–H groups in total. The van der Waals surface area contributed by atoms with Gasteiger partial charge in [-0.3, -0.25) is 9.59 Å². The van der Waals surface area contributed by atoms with Crippen molar-refractivity contribution in [1.82, 2.24) is 4.90 Å². The van der Waals surface area contributed by atoms with Crippen LogP contribution in [0.2, 0.25) is 5.02 Å². The Labute approximate surface area is 163 Å². The summed E-state index contributed by atoms with van der Waals surface area (Å²) in [5, 5.41) is 3.50. The number of amides is 2. The molecule has 0 radical (unpaired) electrons. The number of halogens is 1. The third kappa shape index (κ3) is 5.78. The maximum atomic E-state index is 12.6. The van der Waals surface area contributed by atoms with Gasteiger partial charge in [0, 0.05) is 40.9 Å². The van der Waals surface area contributed by atoms with Crippen molar-refractivity contribution in [2.75, 3.05) is 18.9 Å². The van der Waals surface area contributed by atoms with E-state index < -0.39 is 0 Å². The molecule has 0 aromatic heterocycles. The van der Waals surface area contributed by atoms with Gasteiger partial charge in [-0.25, -0.2) is 0 Å². The van der Waals surface area contributed by atoms with Crippen LogP contribution in [-0.2, 0) is 4.79 Å². The molecule has 0 aliphatic carbocycles. The molecule has 0 aliphatic rings. The average Bonchev–Trinajstić information content (AvgIpc) is 2.61. The van der Waals surface area contributed by atoms with Gasteiger partial charge in [0.05, 0.1) is 5.69 Å². The summed E-state index contributed by atoms with van der Waals surface area (Å²) in [6.07, 6.45) is 2.00. The number of benzene rings is 2. The first-order valence-electron chi connectivity index (χ1n) is 8.51. The standard InChI is InChI=1S/C20H23ClN2O2S/c1-4-5-12-23(3)20(25)15-6-11-19(18(13-15)22-14(2)24)26-17-9-7-16(21)8-10-17/h6-11,13H,4-5,12H2,1-3H3,(H,22,24). The van der Waals surface area contributed by atoms with Crippen LogP contribution in [0, 0.1) is 0 Å². The van der Waals surface area contributed by atoms with Crippen molar-refractivity contribution in [3.8, 4) is 0 Å². The van der Waals surface area contributed by atoms with E-state index in [9.17, 15) is 9.59 Å². The van der Waals surface area contributed by atoms with Gasteiger partial charge in [-0.15, -0.1) is 0 Å². The zero-order valence-electron chi connectivity index (χ0n) is 15.2. The third-order valence-electron chi connectivity index (χ3n) is 3.77. The summed E-state index contributed by atoms with van der Waals surface area (Å²) in [6, 6.07) is 12.9. The van der Waals surface area contributed by atoms with E-state index in [1.54, 1.807) is 24.1 Å². The lowest BCUT2D eigenvalue weighted by atomic mass is 10.1. The molecule has 138 valence electrons. The maximum Gasteiger partial charge on any atom is 0.253 e. The number of rotatable bonds is 7. The molecule has 0 aliphatic heterocycles. The van der Waals surface area contributed by atoms with E-state index in [1.807, 2.05) is 30.3 Å². The quantitative estimate of drug-likeness (QED) is 0.695. The summed E-state index contributed by atoms with van der Waals surface area (Å²) in [5.74, 6) is -0.222. The molecule has 2 aromatic carbocycles. The van der Waals surface area contributed by atoms with Crippen LogP contribution < -0.4 is 5.32 Å². The Morgan fingerprint density at radius 3 is 2.46 bits per heavy atom. The van der Waals surface area contributed by atoms with Gasteiger partial charge in [0.25, 0.3) is 5.91 Å². The summed E-state index contributed by atoms with van der Waals surface area (Å²) >= 11 is 7.44. The fourth-order valence-electron chi connectivity index (χ4n) is 2.39. The second-order valence-electron chi connectivity index (χ2n) is 6.03. The number of carbonyl (C=O) groups is 2. The molecule has 0 fully saturated rings. The Balaban J connectivity index is 2.27. The Hall–Kier alpha value is -1.98. The monoisotopic (exact) mass is 390 g/mol. The first kappa shape index (κ1) is 20.3. The molecule has 4 nitrogen and oxygen atoms in total. The van der Waals surface area contributed by atoms with E-state index in [0.29, 0.717) is 22.8 Å². The van der Waals surface area contributed by atoms with Crippen molar-refractivity contribution in [1.29, 1.82) is 0 Å². The topological polar surface area (TPSA) is 49.4 Å². The predicted octanol–water partition coefficient (Wildman–Crippen LogP) is 5.32. The van der Waals surface area contributed by atoms with E-state index in [1.165, 1.54) is 18.7 Å². The van der Waals surface area contributed by atoms with Crippen molar-refractivity contribution < 1.29 is 9.59 Å². The van der Waals surface area contributed by atoms with Gasteiger partial charge >= 0.3 is 0 Å². The van der Waals surface area contributed by atoms with Gasteiger partial charge < -0.3 is 10.2 Å². The van der Waals surface area contributed by atoms with Crippen LogP contribution in [0.25, 0.3) is 0 Å². The minimum Gasteiger partial charge on any atom is -0.342 e. The van der Waals surface area contributed by atoms with Crippen LogP contribution in [0.3, 0.4) is 0 Å². The van der Waals surface area contributed by atoms with Crippen LogP contribution >= 0.6 is 23.4 Å².